The van der Waals surface area contributed by atoms with Crippen molar-refractivity contribution in [1.82, 2.24) is 0 Å². The van der Waals surface area contributed by atoms with E-state index in [1.807, 2.05) is 0 Å². The molecule has 0 unspecified atom stereocenters. The molecule has 2 nitrogen and oxygen atoms in total. The molecule has 0 bridgehead atoms. The second kappa shape index (κ2) is 12.1. The van der Waals surface area contributed by atoms with Crippen molar-refractivity contribution in [1.29, 1.82) is 0 Å². The molecular weight excluding hydrogens is 759 g/mol. The SMILES string of the molecule is Cc1ccc2c(c1)C1(c3ccccc3N(c3ccccc3)c3ccccc31)c1cc(C)ccc1N2c1cc2c3c(c1)C(C)(C)c1cccc4c1B3c1c(cccc1C2(C)C)C4(C)C. The molecule has 0 fully saturated rings. The Labute approximate surface area is 373 Å². The number of hydrogen-bond donors (Lipinski definition) is 0. The molecular formula is C60H51BN2. The fraction of sp³-hybridized carbons (Fsp3) is 0.200. The monoisotopic (exact) mass is 810 g/mol. The summed E-state index contributed by atoms with van der Waals surface area (Å²) in [6.07, 6.45) is 0. The van der Waals surface area contributed by atoms with Gasteiger partial charge in [0.15, 0.2) is 0 Å². The third-order valence-electron chi connectivity index (χ3n) is 16.2. The maximum absolute atomic E-state index is 2.63. The Morgan fingerprint density at radius 1 is 0.317 bits per heavy atom. The van der Waals surface area contributed by atoms with E-state index in [2.05, 4.69) is 229 Å². The number of rotatable bonds is 2. The highest BCUT2D eigenvalue weighted by molar-refractivity contribution is 6.98. The zero-order valence-electron chi connectivity index (χ0n) is 37.6. The minimum absolute atomic E-state index is 0.0871. The average Bonchev–Trinajstić information content (AvgIpc) is 3.28. The quantitative estimate of drug-likeness (QED) is 0.161. The molecule has 5 aliphatic heterocycles. The lowest BCUT2D eigenvalue weighted by molar-refractivity contribution is 0.599. The molecule has 0 radical (unpaired) electrons. The van der Waals surface area contributed by atoms with Crippen LogP contribution in [0.4, 0.5) is 34.1 Å². The Balaban J connectivity index is 1.13. The van der Waals surface area contributed by atoms with Gasteiger partial charge >= 0.3 is 0 Å². The van der Waals surface area contributed by atoms with Gasteiger partial charge in [-0.05, 0) is 118 Å². The number of hydrogen-bond acceptors (Lipinski definition) is 2. The summed E-state index contributed by atoms with van der Waals surface area (Å²) in [5, 5.41) is 0. The summed E-state index contributed by atoms with van der Waals surface area (Å²) in [4.78, 5) is 5.11. The normalized spacial score (nSPS) is 17.6. The third kappa shape index (κ3) is 4.41. The molecule has 0 amide bonds. The highest BCUT2D eigenvalue weighted by Crippen LogP contribution is 2.64. The first-order valence-electron chi connectivity index (χ1n) is 22.9. The molecule has 0 aliphatic carbocycles. The Bertz CT molecular complexity index is 3120. The third-order valence-corrected chi connectivity index (χ3v) is 16.2. The van der Waals surface area contributed by atoms with E-state index in [1.54, 1.807) is 10.9 Å². The van der Waals surface area contributed by atoms with Gasteiger partial charge in [-0.15, -0.1) is 0 Å². The van der Waals surface area contributed by atoms with E-state index in [9.17, 15) is 0 Å². The molecule has 5 aliphatic rings. The van der Waals surface area contributed by atoms with E-state index in [1.165, 1.54) is 101 Å². The number of anilines is 6. The number of para-hydroxylation sites is 3. The van der Waals surface area contributed by atoms with Crippen molar-refractivity contribution >= 4 is 57.2 Å². The Morgan fingerprint density at radius 2 is 0.683 bits per heavy atom. The van der Waals surface area contributed by atoms with E-state index < -0.39 is 5.41 Å². The van der Waals surface area contributed by atoms with Gasteiger partial charge in [-0.1, -0.05) is 184 Å². The topological polar surface area (TPSA) is 6.48 Å². The molecule has 0 aromatic heterocycles. The van der Waals surface area contributed by atoms with Crippen LogP contribution >= 0.6 is 0 Å². The van der Waals surface area contributed by atoms with Crippen LogP contribution in [-0.4, -0.2) is 6.71 Å². The number of fused-ring (bicyclic) bond motifs is 8. The number of benzene rings is 8. The van der Waals surface area contributed by atoms with E-state index in [0.717, 1.165) is 5.69 Å². The van der Waals surface area contributed by atoms with Crippen molar-refractivity contribution in [3.8, 4) is 0 Å². The van der Waals surface area contributed by atoms with Gasteiger partial charge in [-0.3, -0.25) is 0 Å². The summed E-state index contributed by atoms with van der Waals surface area (Å²) >= 11 is 0. The van der Waals surface area contributed by atoms with Crippen LogP contribution in [0.25, 0.3) is 0 Å². The van der Waals surface area contributed by atoms with Gasteiger partial charge in [0, 0.05) is 27.6 Å². The molecule has 1 spiro atoms. The second-order valence-electron chi connectivity index (χ2n) is 20.6. The molecule has 0 N–H and O–H groups in total. The van der Waals surface area contributed by atoms with E-state index in [-0.39, 0.29) is 23.0 Å². The van der Waals surface area contributed by atoms with Gasteiger partial charge in [0.05, 0.1) is 28.2 Å². The summed E-state index contributed by atoms with van der Waals surface area (Å²) < 4.78 is 0. The van der Waals surface area contributed by atoms with Gasteiger partial charge in [0.1, 0.15) is 0 Å². The minimum Gasteiger partial charge on any atom is -0.310 e. The zero-order chi connectivity index (χ0) is 42.9. The summed E-state index contributed by atoms with van der Waals surface area (Å²) in [6, 6.07) is 63.3. The highest BCUT2D eigenvalue weighted by Gasteiger charge is 2.56. The molecule has 304 valence electrons. The van der Waals surface area contributed by atoms with Gasteiger partial charge in [0.2, 0.25) is 6.71 Å². The lowest BCUT2D eigenvalue weighted by Gasteiger charge is -2.53. The van der Waals surface area contributed by atoms with Crippen molar-refractivity contribution in [2.75, 3.05) is 9.80 Å². The first-order valence-corrected chi connectivity index (χ1v) is 22.9. The van der Waals surface area contributed by atoms with Crippen LogP contribution in [0.2, 0.25) is 0 Å². The van der Waals surface area contributed by atoms with Gasteiger partial charge in [-0.2, -0.15) is 0 Å². The predicted molar refractivity (Wildman–Crippen MR) is 265 cm³/mol. The van der Waals surface area contributed by atoms with Crippen molar-refractivity contribution in [3.05, 3.63) is 231 Å². The molecule has 63 heavy (non-hydrogen) atoms. The summed E-state index contributed by atoms with van der Waals surface area (Å²) in [5.41, 5.74) is 27.3. The maximum Gasteiger partial charge on any atom is 0.243 e. The van der Waals surface area contributed by atoms with Crippen LogP contribution in [0.3, 0.4) is 0 Å². The Kier molecular flexibility index (Phi) is 7.12. The lowest BCUT2D eigenvalue weighted by atomic mass is 9.23. The van der Waals surface area contributed by atoms with Crippen LogP contribution < -0.4 is 26.2 Å². The van der Waals surface area contributed by atoms with Crippen molar-refractivity contribution in [2.45, 2.75) is 77.0 Å². The first-order chi connectivity index (χ1) is 30.4. The second-order valence-corrected chi connectivity index (χ2v) is 20.6. The summed E-state index contributed by atoms with van der Waals surface area (Å²) in [6.45, 7) is 19.6. The predicted octanol–water partition coefficient (Wildman–Crippen LogP) is 12.7. The van der Waals surface area contributed by atoms with Crippen LogP contribution in [0.5, 0.6) is 0 Å². The van der Waals surface area contributed by atoms with Crippen LogP contribution in [-0.2, 0) is 21.7 Å². The largest absolute Gasteiger partial charge is 0.310 e. The minimum atomic E-state index is -0.585. The molecule has 0 saturated carbocycles. The van der Waals surface area contributed by atoms with Crippen LogP contribution in [0, 0.1) is 13.8 Å². The average molecular weight is 811 g/mol. The molecule has 8 aromatic rings. The van der Waals surface area contributed by atoms with E-state index >= 15 is 0 Å². The van der Waals surface area contributed by atoms with Gasteiger partial charge in [0.25, 0.3) is 0 Å². The fourth-order valence-corrected chi connectivity index (χ4v) is 13.4. The molecule has 5 heterocycles. The highest BCUT2D eigenvalue weighted by atomic mass is 15.2. The molecule has 0 saturated heterocycles. The van der Waals surface area contributed by atoms with E-state index in [0.29, 0.717) is 0 Å². The molecule has 8 aromatic carbocycles. The van der Waals surface area contributed by atoms with Crippen molar-refractivity contribution < 1.29 is 0 Å². The van der Waals surface area contributed by atoms with Gasteiger partial charge in [-0.25, -0.2) is 0 Å². The van der Waals surface area contributed by atoms with Gasteiger partial charge < -0.3 is 9.80 Å². The first kappa shape index (κ1) is 37.0. The van der Waals surface area contributed by atoms with Crippen molar-refractivity contribution in [3.63, 3.8) is 0 Å². The van der Waals surface area contributed by atoms with Crippen molar-refractivity contribution in [2.24, 2.45) is 0 Å². The fourth-order valence-electron chi connectivity index (χ4n) is 13.4. The number of aryl methyl sites for hydroxylation is 2. The molecule has 3 heteroatoms. The standard InChI is InChI=1S/C60H51BN2/c1-36-28-30-52-46(32-36)60(40-20-12-14-26-50(40)62(38-18-10-9-11-19-38)51-27-15-13-21-41(51)60)47-33-37(2)29-31-53(47)63(52)39-34-48-56-49(35-39)59(7,8)45-25-17-23-43-55(45)61(56)54-42(57(43,3)4)22-16-24-44(54)58(48,5)6/h9-35H,1-8H3. The summed E-state index contributed by atoms with van der Waals surface area (Å²) in [7, 11) is 0. The maximum atomic E-state index is 2.63. The molecule has 0 atom stereocenters. The smallest absolute Gasteiger partial charge is 0.243 e. The van der Waals surface area contributed by atoms with E-state index in [4.69, 9.17) is 0 Å². The zero-order valence-corrected chi connectivity index (χ0v) is 37.6. The Morgan fingerprint density at radius 3 is 1.16 bits per heavy atom. The molecule has 13 rings (SSSR count). The van der Waals surface area contributed by atoms with Crippen LogP contribution in [0.15, 0.2) is 164 Å². The lowest BCUT2D eigenvalue weighted by Crippen LogP contribution is -2.71. The van der Waals surface area contributed by atoms with Crippen LogP contribution in [0.1, 0.15) is 108 Å². The number of nitrogens with zero attached hydrogens (tertiary/aromatic N) is 2. The Hall–Kier alpha value is -6.58. The summed E-state index contributed by atoms with van der Waals surface area (Å²) in [5.74, 6) is 0.